The normalized spacial score (nSPS) is 20.9. The van der Waals surface area contributed by atoms with Crippen molar-refractivity contribution in [2.75, 3.05) is 45.9 Å². The van der Waals surface area contributed by atoms with Crippen molar-refractivity contribution in [1.29, 1.82) is 0 Å². The Bertz CT molecular complexity index is 826. The van der Waals surface area contributed by atoms with Crippen LogP contribution < -0.4 is 0 Å². The molecule has 28 heavy (non-hydrogen) atoms. The number of aromatic nitrogens is 2. The Balaban J connectivity index is 1.51. The highest BCUT2D eigenvalue weighted by Crippen LogP contribution is 2.32. The Morgan fingerprint density at radius 3 is 2.75 bits per heavy atom. The zero-order chi connectivity index (χ0) is 19.3. The lowest BCUT2D eigenvalue weighted by molar-refractivity contribution is -0.134. The van der Waals surface area contributed by atoms with Crippen LogP contribution in [0.3, 0.4) is 0 Å². The number of morpholine rings is 1. The van der Waals surface area contributed by atoms with Crippen LogP contribution >= 0.6 is 0 Å². The molecular formula is C21H25FN4O2. The second kappa shape index (κ2) is 8.75. The average molecular weight is 384 g/mol. The van der Waals surface area contributed by atoms with Crippen LogP contribution in [0.25, 0.3) is 11.3 Å². The molecule has 0 saturated carbocycles. The summed E-state index contributed by atoms with van der Waals surface area (Å²) in [6.45, 7) is 4.74. The van der Waals surface area contributed by atoms with Gasteiger partial charge in [-0.05, 0) is 25.0 Å². The van der Waals surface area contributed by atoms with Crippen LogP contribution in [0.15, 0.2) is 36.7 Å². The van der Waals surface area contributed by atoms with Crippen molar-refractivity contribution in [2.45, 2.75) is 18.8 Å². The molecule has 0 spiro atoms. The van der Waals surface area contributed by atoms with Crippen LogP contribution in [0.2, 0.25) is 0 Å². The minimum Gasteiger partial charge on any atom is -0.379 e. The lowest BCUT2D eigenvalue weighted by Crippen LogP contribution is -2.47. The van der Waals surface area contributed by atoms with E-state index in [2.05, 4.69) is 14.9 Å². The number of hydrogen-bond acceptors (Lipinski definition) is 5. The van der Waals surface area contributed by atoms with Gasteiger partial charge in [-0.25, -0.2) is 4.39 Å². The van der Waals surface area contributed by atoms with E-state index in [-0.39, 0.29) is 17.6 Å². The van der Waals surface area contributed by atoms with Crippen molar-refractivity contribution < 1.29 is 13.9 Å². The standard InChI is InChI=1S/C21H25FN4O2/c22-18-6-2-1-5-17(18)21-20(23-7-8-24-21)16-4-3-9-26(14-16)19(27)15-25-10-12-28-13-11-25/h1-2,5-8,16H,3-4,9-15H2/t16-/m0/s1. The Hall–Kier alpha value is -2.38. The zero-order valence-corrected chi connectivity index (χ0v) is 15.9. The Labute approximate surface area is 164 Å². The highest BCUT2D eigenvalue weighted by atomic mass is 19.1. The van der Waals surface area contributed by atoms with Gasteiger partial charge in [0, 0.05) is 50.1 Å². The lowest BCUT2D eigenvalue weighted by Gasteiger charge is -2.35. The fourth-order valence-corrected chi connectivity index (χ4v) is 3.99. The van der Waals surface area contributed by atoms with Crippen LogP contribution in [0.4, 0.5) is 4.39 Å². The first-order valence-corrected chi connectivity index (χ1v) is 9.86. The molecular weight excluding hydrogens is 359 g/mol. The number of carbonyl (C=O) groups is 1. The molecule has 0 N–H and O–H groups in total. The van der Waals surface area contributed by atoms with Gasteiger partial charge in [-0.3, -0.25) is 19.7 Å². The topological polar surface area (TPSA) is 58.6 Å². The molecule has 7 heteroatoms. The summed E-state index contributed by atoms with van der Waals surface area (Å²) in [6.07, 6.45) is 5.07. The molecule has 2 aromatic rings. The van der Waals surface area contributed by atoms with E-state index in [4.69, 9.17) is 4.74 Å². The fraction of sp³-hybridized carbons (Fsp3) is 0.476. The highest BCUT2D eigenvalue weighted by Gasteiger charge is 2.29. The monoisotopic (exact) mass is 384 g/mol. The number of likely N-dealkylation sites (tertiary alicyclic amines) is 1. The Morgan fingerprint density at radius 2 is 1.93 bits per heavy atom. The number of ether oxygens (including phenoxy) is 1. The molecule has 1 amide bonds. The summed E-state index contributed by atoms with van der Waals surface area (Å²) in [4.78, 5) is 25.8. The third-order valence-corrected chi connectivity index (χ3v) is 5.48. The lowest BCUT2D eigenvalue weighted by atomic mass is 9.91. The van der Waals surface area contributed by atoms with Gasteiger partial charge in [0.2, 0.25) is 5.91 Å². The number of benzene rings is 1. The van der Waals surface area contributed by atoms with E-state index in [0.29, 0.717) is 37.6 Å². The minimum atomic E-state index is -0.305. The van der Waals surface area contributed by atoms with Gasteiger partial charge in [-0.1, -0.05) is 12.1 Å². The molecule has 4 rings (SSSR count). The van der Waals surface area contributed by atoms with E-state index in [0.717, 1.165) is 38.2 Å². The summed E-state index contributed by atoms with van der Waals surface area (Å²) in [5.74, 6) is -0.103. The summed E-state index contributed by atoms with van der Waals surface area (Å²) in [6, 6.07) is 6.64. The number of hydrogen-bond donors (Lipinski definition) is 0. The van der Waals surface area contributed by atoms with E-state index in [9.17, 15) is 9.18 Å². The summed E-state index contributed by atoms with van der Waals surface area (Å²) >= 11 is 0. The molecule has 0 bridgehead atoms. The smallest absolute Gasteiger partial charge is 0.236 e. The summed E-state index contributed by atoms with van der Waals surface area (Å²) in [5.41, 5.74) is 1.81. The minimum absolute atomic E-state index is 0.0608. The van der Waals surface area contributed by atoms with E-state index in [1.807, 2.05) is 4.90 Å². The van der Waals surface area contributed by atoms with Gasteiger partial charge < -0.3 is 9.64 Å². The molecule has 1 atom stereocenters. The molecule has 1 aromatic heterocycles. The summed E-state index contributed by atoms with van der Waals surface area (Å²) in [7, 11) is 0. The van der Waals surface area contributed by atoms with Crippen LogP contribution in [-0.2, 0) is 9.53 Å². The molecule has 2 aliphatic heterocycles. The van der Waals surface area contributed by atoms with Gasteiger partial charge in [-0.2, -0.15) is 0 Å². The first-order chi connectivity index (χ1) is 13.7. The van der Waals surface area contributed by atoms with Gasteiger partial charge in [0.05, 0.1) is 31.1 Å². The molecule has 0 aliphatic carbocycles. The van der Waals surface area contributed by atoms with Crippen LogP contribution in [0.1, 0.15) is 24.5 Å². The van der Waals surface area contributed by atoms with E-state index < -0.39 is 0 Å². The molecule has 6 nitrogen and oxygen atoms in total. The van der Waals surface area contributed by atoms with E-state index in [1.54, 1.807) is 30.6 Å². The van der Waals surface area contributed by atoms with Gasteiger partial charge in [0.15, 0.2) is 0 Å². The first kappa shape index (κ1) is 19.0. The van der Waals surface area contributed by atoms with Crippen LogP contribution in [-0.4, -0.2) is 71.6 Å². The van der Waals surface area contributed by atoms with Gasteiger partial charge >= 0.3 is 0 Å². The predicted octanol–water partition coefficient (Wildman–Crippen LogP) is 2.32. The van der Waals surface area contributed by atoms with Gasteiger partial charge in [0.25, 0.3) is 0 Å². The van der Waals surface area contributed by atoms with Gasteiger partial charge in [0.1, 0.15) is 5.82 Å². The first-order valence-electron chi connectivity index (χ1n) is 9.86. The second-order valence-electron chi connectivity index (χ2n) is 7.34. The molecule has 2 fully saturated rings. The summed E-state index contributed by atoms with van der Waals surface area (Å²) in [5, 5.41) is 0. The number of carbonyl (C=O) groups excluding carboxylic acids is 1. The average Bonchev–Trinajstić information content (AvgIpc) is 2.75. The van der Waals surface area contributed by atoms with Crippen molar-refractivity contribution in [3.05, 3.63) is 48.2 Å². The fourth-order valence-electron chi connectivity index (χ4n) is 3.99. The molecule has 2 aliphatic rings. The molecule has 0 unspecified atom stereocenters. The zero-order valence-electron chi connectivity index (χ0n) is 15.9. The maximum absolute atomic E-state index is 14.3. The van der Waals surface area contributed by atoms with Crippen molar-refractivity contribution in [3.8, 4) is 11.3 Å². The van der Waals surface area contributed by atoms with Crippen molar-refractivity contribution >= 4 is 5.91 Å². The maximum atomic E-state index is 14.3. The maximum Gasteiger partial charge on any atom is 0.236 e. The largest absolute Gasteiger partial charge is 0.379 e. The molecule has 148 valence electrons. The van der Waals surface area contributed by atoms with Crippen molar-refractivity contribution in [1.82, 2.24) is 19.8 Å². The molecule has 2 saturated heterocycles. The second-order valence-corrected chi connectivity index (χ2v) is 7.34. The quantitative estimate of drug-likeness (QED) is 0.810. The number of nitrogens with zero attached hydrogens (tertiary/aromatic N) is 4. The third-order valence-electron chi connectivity index (χ3n) is 5.48. The summed E-state index contributed by atoms with van der Waals surface area (Å²) < 4.78 is 19.7. The van der Waals surface area contributed by atoms with Crippen molar-refractivity contribution in [3.63, 3.8) is 0 Å². The number of rotatable bonds is 4. The molecule has 3 heterocycles. The van der Waals surface area contributed by atoms with Crippen molar-refractivity contribution in [2.24, 2.45) is 0 Å². The number of piperidine rings is 1. The molecule has 0 radical (unpaired) electrons. The van der Waals surface area contributed by atoms with E-state index >= 15 is 0 Å². The molecule has 1 aromatic carbocycles. The SMILES string of the molecule is O=C(CN1CCOCC1)N1CCC[C@H](c2nccnc2-c2ccccc2F)C1. The number of halogens is 1. The predicted molar refractivity (Wildman–Crippen MR) is 103 cm³/mol. The Morgan fingerprint density at radius 1 is 1.14 bits per heavy atom. The van der Waals surface area contributed by atoms with Crippen LogP contribution in [0, 0.1) is 5.82 Å². The third kappa shape index (κ3) is 4.20. The van der Waals surface area contributed by atoms with Gasteiger partial charge in [-0.15, -0.1) is 0 Å². The van der Waals surface area contributed by atoms with E-state index in [1.165, 1.54) is 6.07 Å². The van der Waals surface area contributed by atoms with Crippen LogP contribution in [0.5, 0.6) is 0 Å². The number of amides is 1. The highest BCUT2D eigenvalue weighted by molar-refractivity contribution is 5.78. The Kier molecular flexibility index (Phi) is 5.92.